The summed E-state index contributed by atoms with van der Waals surface area (Å²) in [6.45, 7) is 3.76. The Kier molecular flexibility index (Phi) is 45.3. The van der Waals surface area contributed by atoms with E-state index in [9.17, 15) is 40.5 Å². The van der Waals surface area contributed by atoms with Gasteiger partial charge in [0.1, 0.15) is 54.9 Å². The molecule has 444 valence electrons. The van der Waals surface area contributed by atoms with Gasteiger partial charge in [-0.25, -0.2) is 0 Å². The maximum absolute atomic E-state index is 13.1. The molecule has 0 aromatic rings. The summed E-state index contributed by atoms with van der Waals surface area (Å²) in [5.41, 5.74) is 0. The molecule has 0 aliphatic carbocycles. The van der Waals surface area contributed by atoms with Gasteiger partial charge < -0.3 is 64.2 Å². The van der Waals surface area contributed by atoms with E-state index in [1.54, 1.807) is 0 Å². The third kappa shape index (κ3) is 35.2. The van der Waals surface area contributed by atoms with Crippen LogP contribution in [0.25, 0.3) is 0 Å². The Labute approximate surface area is 456 Å². The van der Waals surface area contributed by atoms with Crippen molar-refractivity contribution in [3.63, 3.8) is 0 Å². The Morgan fingerprint density at radius 3 is 1.21 bits per heavy atom. The quantitative estimate of drug-likeness (QED) is 0.0172. The van der Waals surface area contributed by atoms with Gasteiger partial charge in [0.15, 0.2) is 12.6 Å². The number of hydrogen-bond donors (Lipinski definition) is 7. The average molecular weight is 1070 g/mol. The third-order valence-electron chi connectivity index (χ3n) is 15.3. The Morgan fingerprint density at radius 2 is 0.787 bits per heavy atom. The van der Waals surface area contributed by atoms with E-state index in [0.29, 0.717) is 13.0 Å². The molecule has 0 aromatic carbocycles. The van der Waals surface area contributed by atoms with E-state index in [-0.39, 0.29) is 25.6 Å². The Bertz CT molecular complexity index is 1290. The summed E-state index contributed by atoms with van der Waals surface area (Å²) in [5, 5.41) is 72.4. The minimum atomic E-state index is -1.70. The lowest BCUT2D eigenvalue weighted by molar-refractivity contribution is -0.332. The molecule has 2 saturated heterocycles. The van der Waals surface area contributed by atoms with Crippen LogP contribution in [-0.2, 0) is 33.2 Å². The topological polar surface area (TPSA) is 214 Å². The number of esters is 1. The summed E-state index contributed by atoms with van der Waals surface area (Å²) in [6.07, 6.45) is 38.5. The van der Waals surface area contributed by atoms with Crippen molar-refractivity contribution in [1.82, 2.24) is 0 Å². The second-order valence-electron chi connectivity index (χ2n) is 22.2. The number of carbonyl (C=O) groups excluding carboxylic acids is 1. The van der Waals surface area contributed by atoms with Crippen molar-refractivity contribution in [3.05, 3.63) is 12.2 Å². The molecule has 2 heterocycles. The highest BCUT2D eigenvalue weighted by Crippen LogP contribution is 2.27. The molecule has 2 aliphatic heterocycles. The highest BCUT2D eigenvalue weighted by molar-refractivity contribution is 5.69. The van der Waals surface area contributed by atoms with Gasteiger partial charge in [0.2, 0.25) is 0 Å². The van der Waals surface area contributed by atoms with Crippen LogP contribution in [0.3, 0.4) is 0 Å². The van der Waals surface area contributed by atoms with Crippen molar-refractivity contribution in [3.8, 4) is 0 Å². The summed E-state index contributed by atoms with van der Waals surface area (Å²) in [7, 11) is 0. The van der Waals surface area contributed by atoms with Gasteiger partial charge in [0.25, 0.3) is 0 Å². The van der Waals surface area contributed by atoms with E-state index in [2.05, 4.69) is 26.0 Å². The molecular formula is C61H116O14. The van der Waals surface area contributed by atoms with Crippen molar-refractivity contribution < 1.29 is 69.0 Å². The molecule has 11 atom stereocenters. The summed E-state index contributed by atoms with van der Waals surface area (Å²) in [4.78, 5) is 13.1. The van der Waals surface area contributed by atoms with Gasteiger partial charge in [0.05, 0.1) is 26.4 Å². The van der Waals surface area contributed by atoms with E-state index in [1.807, 2.05) is 0 Å². The highest BCUT2D eigenvalue weighted by atomic mass is 16.7. The molecule has 0 bridgehead atoms. The van der Waals surface area contributed by atoms with Crippen molar-refractivity contribution in [2.45, 2.75) is 338 Å². The van der Waals surface area contributed by atoms with Gasteiger partial charge in [0, 0.05) is 13.0 Å². The van der Waals surface area contributed by atoms with Crippen LogP contribution < -0.4 is 0 Å². The SMILES string of the molecule is CCCCCCCCCC/C=C\CCCCCCCCCCCCCCOCC(COC1OC(COC2OC(CO)C(O)C(O)C2O)C(O)C(O)C1O)OC(=O)CCCCCCCCCCCCCCCCCCC. The van der Waals surface area contributed by atoms with Crippen molar-refractivity contribution in [2.75, 3.05) is 33.0 Å². The van der Waals surface area contributed by atoms with Crippen LogP contribution in [0.5, 0.6) is 0 Å². The molecule has 7 N–H and O–H groups in total. The van der Waals surface area contributed by atoms with E-state index in [4.69, 9.17) is 28.4 Å². The van der Waals surface area contributed by atoms with Crippen molar-refractivity contribution in [2.24, 2.45) is 0 Å². The lowest BCUT2D eigenvalue weighted by Crippen LogP contribution is -2.61. The summed E-state index contributed by atoms with van der Waals surface area (Å²) < 4.78 is 34.5. The summed E-state index contributed by atoms with van der Waals surface area (Å²) in [5.74, 6) is -0.369. The molecule has 0 spiro atoms. The number of hydrogen-bond acceptors (Lipinski definition) is 14. The second kappa shape index (κ2) is 48.6. The van der Waals surface area contributed by atoms with Crippen LogP contribution in [0.15, 0.2) is 12.2 Å². The molecule has 11 unspecified atom stereocenters. The molecule has 0 radical (unpaired) electrons. The van der Waals surface area contributed by atoms with E-state index < -0.39 is 80.7 Å². The number of carbonyl (C=O) groups is 1. The van der Waals surface area contributed by atoms with Gasteiger partial charge in [-0.05, 0) is 38.5 Å². The molecule has 0 aromatic heterocycles. The van der Waals surface area contributed by atoms with Crippen LogP contribution in [0.2, 0.25) is 0 Å². The first-order chi connectivity index (χ1) is 36.6. The standard InChI is InChI=1S/C61H116O14/c1-3-5-7-9-11-13-15-17-19-21-22-23-24-25-26-27-29-31-33-35-37-39-41-43-45-70-47-50(73-53(63)44-42-40-38-36-34-32-30-28-20-18-16-14-12-10-8-6-4-2)48-71-60-59(69)57(67)55(65)52(75-60)49-72-61-58(68)56(66)54(64)51(46-62)74-61/h21-22,50-52,54-62,64-69H,3-20,23-49H2,1-2H3/b22-21-. The van der Waals surface area contributed by atoms with E-state index in [0.717, 1.165) is 38.5 Å². The van der Waals surface area contributed by atoms with Gasteiger partial charge in [-0.15, -0.1) is 0 Å². The predicted octanol–water partition coefficient (Wildman–Crippen LogP) is 11.8. The summed E-state index contributed by atoms with van der Waals surface area (Å²) in [6, 6.07) is 0. The third-order valence-corrected chi connectivity index (χ3v) is 15.3. The van der Waals surface area contributed by atoms with E-state index >= 15 is 0 Å². The second-order valence-corrected chi connectivity index (χ2v) is 22.2. The molecule has 2 aliphatic rings. The zero-order chi connectivity index (χ0) is 54.4. The molecule has 14 heteroatoms. The molecule has 14 nitrogen and oxygen atoms in total. The maximum atomic E-state index is 13.1. The fourth-order valence-corrected chi connectivity index (χ4v) is 10.2. The molecule has 2 rings (SSSR count). The normalized spacial score (nSPS) is 24.6. The van der Waals surface area contributed by atoms with Crippen LogP contribution in [0.1, 0.15) is 271 Å². The number of unbranched alkanes of at least 4 members (excludes halogenated alkanes) is 36. The minimum Gasteiger partial charge on any atom is -0.457 e. The van der Waals surface area contributed by atoms with Gasteiger partial charge >= 0.3 is 5.97 Å². The maximum Gasteiger partial charge on any atom is 0.306 e. The zero-order valence-electron chi connectivity index (χ0n) is 47.8. The predicted molar refractivity (Wildman–Crippen MR) is 298 cm³/mol. The molecular weight excluding hydrogens is 957 g/mol. The van der Waals surface area contributed by atoms with Gasteiger partial charge in [-0.3, -0.25) is 4.79 Å². The number of ether oxygens (including phenoxy) is 6. The monoisotopic (exact) mass is 1070 g/mol. The molecule has 2 fully saturated rings. The van der Waals surface area contributed by atoms with Crippen molar-refractivity contribution in [1.29, 1.82) is 0 Å². The highest BCUT2D eigenvalue weighted by Gasteiger charge is 2.47. The number of allylic oxidation sites excluding steroid dienone is 2. The van der Waals surface area contributed by atoms with Crippen LogP contribution in [0, 0.1) is 0 Å². The van der Waals surface area contributed by atoms with Crippen LogP contribution >= 0.6 is 0 Å². The number of aliphatic hydroxyl groups excluding tert-OH is 7. The fourth-order valence-electron chi connectivity index (χ4n) is 10.2. The van der Waals surface area contributed by atoms with Crippen LogP contribution in [0.4, 0.5) is 0 Å². The lowest BCUT2D eigenvalue weighted by atomic mass is 9.98. The first-order valence-electron chi connectivity index (χ1n) is 31.3. The molecule has 0 saturated carbocycles. The average Bonchev–Trinajstić information content (AvgIpc) is 3.41. The first-order valence-corrected chi connectivity index (χ1v) is 31.3. The Morgan fingerprint density at radius 1 is 0.427 bits per heavy atom. The summed E-state index contributed by atoms with van der Waals surface area (Å²) >= 11 is 0. The van der Waals surface area contributed by atoms with Gasteiger partial charge in [-0.2, -0.15) is 0 Å². The lowest BCUT2D eigenvalue weighted by Gasteiger charge is -2.42. The Balaban J connectivity index is 1.67. The first kappa shape index (κ1) is 69.8. The van der Waals surface area contributed by atoms with Crippen molar-refractivity contribution >= 4 is 5.97 Å². The fraction of sp³-hybridized carbons (Fsp3) is 0.951. The van der Waals surface area contributed by atoms with Crippen LogP contribution in [-0.4, -0.2) is 142 Å². The largest absolute Gasteiger partial charge is 0.457 e. The number of rotatable bonds is 52. The molecule has 75 heavy (non-hydrogen) atoms. The smallest absolute Gasteiger partial charge is 0.306 e. The zero-order valence-corrected chi connectivity index (χ0v) is 47.8. The van der Waals surface area contributed by atoms with E-state index in [1.165, 1.54) is 205 Å². The Hall–Kier alpha value is -1.27. The molecule has 0 amide bonds. The minimum absolute atomic E-state index is 0.0679. The van der Waals surface area contributed by atoms with Gasteiger partial charge in [-0.1, -0.05) is 238 Å². The number of aliphatic hydroxyl groups is 7.